The zero-order valence-corrected chi connectivity index (χ0v) is 21.1. The van der Waals surface area contributed by atoms with Gasteiger partial charge in [-0.1, -0.05) is 0 Å². The molecule has 3 aromatic heterocycles. The van der Waals surface area contributed by atoms with Crippen LogP contribution in [0.5, 0.6) is 0 Å². The topological polar surface area (TPSA) is 102 Å². The number of rotatable bonds is 10. The Labute approximate surface area is 218 Å². The van der Waals surface area contributed by atoms with E-state index in [9.17, 15) is 22.8 Å². The Balaban J connectivity index is 1.39. The average Bonchev–Trinajstić information content (AvgIpc) is 3.83. The van der Waals surface area contributed by atoms with E-state index in [4.69, 9.17) is 0 Å². The van der Waals surface area contributed by atoms with E-state index in [2.05, 4.69) is 25.7 Å². The van der Waals surface area contributed by atoms with E-state index in [1.165, 1.54) is 18.3 Å². The molecule has 0 unspecified atom stereocenters. The van der Waals surface area contributed by atoms with Crippen LogP contribution >= 0.6 is 0 Å². The van der Waals surface area contributed by atoms with Gasteiger partial charge in [-0.2, -0.15) is 9.49 Å². The highest BCUT2D eigenvalue weighted by molar-refractivity contribution is 6.00. The molecule has 200 valence electrons. The van der Waals surface area contributed by atoms with Gasteiger partial charge < -0.3 is 10.6 Å². The highest BCUT2D eigenvalue weighted by Crippen LogP contribution is 2.51. The number of nitrogens with one attached hydrogen (secondary N) is 2. The van der Waals surface area contributed by atoms with Gasteiger partial charge in [0.25, 0.3) is 12.3 Å². The van der Waals surface area contributed by atoms with Crippen LogP contribution in [0.1, 0.15) is 68.0 Å². The van der Waals surface area contributed by atoms with Crippen LogP contribution in [0, 0.1) is 23.7 Å². The van der Waals surface area contributed by atoms with E-state index in [0.29, 0.717) is 17.5 Å². The monoisotopic (exact) mass is 526 g/mol. The third kappa shape index (κ3) is 5.41. The lowest BCUT2D eigenvalue weighted by Gasteiger charge is -2.27. The van der Waals surface area contributed by atoms with Gasteiger partial charge in [0.05, 0.1) is 0 Å². The van der Waals surface area contributed by atoms with Crippen LogP contribution in [0.15, 0.2) is 42.9 Å². The Bertz CT molecular complexity index is 1320. The molecule has 8 nitrogen and oxygen atoms in total. The SMILES string of the molecule is CC(C)n1nccc1C(=O)N[C@H](C(=O)Nc1ccc(-c2cnccc2C(F)F)c(F)n1)C(C1CC1)C1CC1. The molecule has 2 amide bonds. The Kier molecular flexibility index (Phi) is 7.18. The molecule has 0 saturated heterocycles. The van der Waals surface area contributed by atoms with Crippen LogP contribution in [0.2, 0.25) is 0 Å². The van der Waals surface area contributed by atoms with E-state index in [0.717, 1.165) is 37.9 Å². The minimum absolute atomic E-state index is 0.0394. The summed E-state index contributed by atoms with van der Waals surface area (Å²) in [7, 11) is 0. The molecular formula is C27H29F3N6O2. The van der Waals surface area contributed by atoms with Gasteiger partial charge in [-0.3, -0.25) is 19.3 Å². The minimum atomic E-state index is -2.81. The van der Waals surface area contributed by atoms with E-state index >= 15 is 0 Å². The second kappa shape index (κ2) is 10.5. The second-order valence-corrected chi connectivity index (χ2v) is 10.2. The summed E-state index contributed by atoms with van der Waals surface area (Å²) in [6.45, 7) is 3.82. The molecule has 2 N–H and O–H groups in total. The first-order valence-corrected chi connectivity index (χ1v) is 12.8. The van der Waals surface area contributed by atoms with E-state index in [1.807, 2.05) is 13.8 Å². The number of alkyl halides is 2. The lowest BCUT2D eigenvalue weighted by atomic mass is 9.88. The predicted octanol–water partition coefficient (Wildman–Crippen LogP) is 5.17. The number of carbonyl (C=O) groups excluding carboxylic acids is 2. The zero-order chi connectivity index (χ0) is 27.0. The van der Waals surface area contributed by atoms with Crippen LogP contribution in [0.4, 0.5) is 19.0 Å². The summed E-state index contributed by atoms with van der Waals surface area (Å²) < 4.78 is 43.4. The van der Waals surface area contributed by atoms with Crippen LogP contribution in [0.3, 0.4) is 0 Å². The summed E-state index contributed by atoms with van der Waals surface area (Å²) in [5, 5.41) is 9.77. The van der Waals surface area contributed by atoms with Crippen LogP contribution in [0.25, 0.3) is 11.1 Å². The number of aromatic nitrogens is 4. The first-order chi connectivity index (χ1) is 18.2. The molecule has 0 aromatic carbocycles. The van der Waals surface area contributed by atoms with Crippen molar-refractivity contribution < 1.29 is 22.8 Å². The molecule has 0 radical (unpaired) electrons. The van der Waals surface area contributed by atoms with Crippen molar-refractivity contribution in [3.63, 3.8) is 0 Å². The van der Waals surface area contributed by atoms with Gasteiger partial charge in [-0.25, -0.2) is 13.8 Å². The van der Waals surface area contributed by atoms with Gasteiger partial charge in [0.15, 0.2) is 0 Å². The van der Waals surface area contributed by atoms with Gasteiger partial charge in [-0.15, -0.1) is 0 Å². The maximum atomic E-state index is 15.0. The Morgan fingerprint density at radius 2 is 1.71 bits per heavy atom. The summed E-state index contributed by atoms with van der Waals surface area (Å²) in [4.78, 5) is 34.4. The lowest BCUT2D eigenvalue weighted by molar-refractivity contribution is -0.119. The standard InChI is InChI=1S/C27H29F3N6O2/c1-14(2)36-20(10-12-32-36)26(37)35-23(22(15-3-4-15)16-5-6-16)27(38)34-21-8-7-18(25(30)33-21)19-13-31-11-9-17(19)24(28)29/h7-16,22-24H,3-6H2,1-2H3,(H,35,37)(H,33,34,38)/t23-/m0/s1. The van der Waals surface area contributed by atoms with Gasteiger partial charge in [-0.05, 0) is 81.5 Å². The van der Waals surface area contributed by atoms with E-state index in [-0.39, 0.29) is 34.5 Å². The first kappa shape index (κ1) is 25.9. The minimum Gasteiger partial charge on any atom is -0.339 e. The molecule has 0 spiro atoms. The molecule has 5 rings (SSSR count). The van der Waals surface area contributed by atoms with Crippen molar-refractivity contribution in [2.75, 3.05) is 5.32 Å². The fourth-order valence-corrected chi connectivity index (χ4v) is 5.08. The van der Waals surface area contributed by atoms with E-state index < -0.39 is 30.2 Å². The third-order valence-corrected chi connectivity index (χ3v) is 7.16. The van der Waals surface area contributed by atoms with Crippen LogP contribution in [-0.2, 0) is 4.79 Å². The first-order valence-electron chi connectivity index (χ1n) is 12.8. The average molecular weight is 527 g/mol. The van der Waals surface area contributed by atoms with Crippen LogP contribution in [-0.4, -0.2) is 37.6 Å². The molecule has 2 aliphatic rings. The van der Waals surface area contributed by atoms with Crippen molar-refractivity contribution in [2.24, 2.45) is 17.8 Å². The maximum Gasteiger partial charge on any atom is 0.270 e. The van der Waals surface area contributed by atoms with Gasteiger partial charge in [0, 0.05) is 41.3 Å². The number of amides is 2. The fourth-order valence-electron chi connectivity index (χ4n) is 5.08. The number of pyridine rings is 2. The van der Waals surface area contributed by atoms with E-state index in [1.54, 1.807) is 16.9 Å². The smallest absolute Gasteiger partial charge is 0.270 e. The molecule has 2 aliphatic carbocycles. The molecule has 3 heterocycles. The molecule has 0 aliphatic heterocycles. The number of carbonyl (C=O) groups is 2. The van der Waals surface area contributed by atoms with Crippen molar-refractivity contribution in [1.82, 2.24) is 25.1 Å². The number of halogens is 3. The summed E-state index contributed by atoms with van der Waals surface area (Å²) in [6, 6.07) is 4.49. The quantitative estimate of drug-likeness (QED) is 0.355. The van der Waals surface area contributed by atoms with Crippen molar-refractivity contribution in [3.05, 3.63) is 60.1 Å². The summed E-state index contributed by atoms with van der Waals surface area (Å²) in [6.07, 6.45) is 5.05. The number of nitrogens with zero attached hydrogens (tertiary/aromatic N) is 4. The number of anilines is 1. The Hall–Kier alpha value is -3.76. The maximum absolute atomic E-state index is 15.0. The van der Waals surface area contributed by atoms with Gasteiger partial charge in [0.1, 0.15) is 17.6 Å². The lowest BCUT2D eigenvalue weighted by Crippen LogP contribution is -2.50. The van der Waals surface area contributed by atoms with Crippen LogP contribution < -0.4 is 10.6 Å². The largest absolute Gasteiger partial charge is 0.339 e. The Morgan fingerprint density at radius 1 is 1.00 bits per heavy atom. The van der Waals surface area contributed by atoms with Crippen molar-refractivity contribution >= 4 is 17.6 Å². The molecule has 0 bridgehead atoms. The summed E-state index contributed by atoms with van der Waals surface area (Å²) in [5.74, 6) is -1.36. The van der Waals surface area contributed by atoms with Crippen molar-refractivity contribution in [3.8, 4) is 11.1 Å². The molecule has 3 aromatic rings. The van der Waals surface area contributed by atoms with Crippen molar-refractivity contribution in [2.45, 2.75) is 58.0 Å². The summed E-state index contributed by atoms with van der Waals surface area (Å²) >= 11 is 0. The molecule has 11 heteroatoms. The molecule has 2 saturated carbocycles. The molecular weight excluding hydrogens is 497 g/mol. The van der Waals surface area contributed by atoms with Gasteiger partial charge in [0.2, 0.25) is 11.9 Å². The number of hydrogen-bond acceptors (Lipinski definition) is 5. The highest BCUT2D eigenvalue weighted by atomic mass is 19.3. The molecule has 38 heavy (non-hydrogen) atoms. The van der Waals surface area contributed by atoms with Crippen molar-refractivity contribution in [1.29, 1.82) is 0 Å². The summed E-state index contributed by atoms with van der Waals surface area (Å²) in [5.41, 5.74) is -0.229. The number of hydrogen-bond donors (Lipinski definition) is 2. The fraction of sp³-hybridized carbons (Fsp3) is 0.444. The highest BCUT2D eigenvalue weighted by Gasteiger charge is 2.48. The Morgan fingerprint density at radius 3 is 2.32 bits per heavy atom. The van der Waals surface area contributed by atoms with Gasteiger partial charge >= 0.3 is 0 Å². The second-order valence-electron chi connectivity index (χ2n) is 10.2. The normalized spacial score (nSPS) is 16.2. The zero-order valence-electron chi connectivity index (χ0n) is 21.1. The molecule has 1 atom stereocenters. The predicted molar refractivity (Wildman–Crippen MR) is 134 cm³/mol. The molecule has 2 fully saturated rings. The third-order valence-electron chi connectivity index (χ3n) is 7.16.